The first-order valence-electron chi connectivity index (χ1n) is 11.7. The highest BCUT2D eigenvalue weighted by atomic mass is 16.1. The lowest BCUT2D eigenvalue weighted by molar-refractivity contribution is 0.0950. The number of H-pyrrole nitrogens is 1. The van der Waals surface area contributed by atoms with Gasteiger partial charge in [-0.2, -0.15) is 5.10 Å². The van der Waals surface area contributed by atoms with Crippen LogP contribution < -0.4 is 5.32 Å². The number of fused-ring (bicyclic) bond motifs is 9. The second-order valence-corrected chi connectivity index (χ2v) is 9.69. The molecule has 1 amide bonds. The second kappa shape index (κ2) is 7.63. The molecule has 2 atom stereocenters. The molecule has 33 heavy (non-hydrogen) atoms. The van der Waals surface area contributed by atoms with Crippen LogP contribution in [0.2, 0.25) is 0 Å². The molecule has 2 N–H and O–H groups in total. The summed E-state index contributed by atoms with van der Waals surface area (Å²) >= 11 is 0. The number of hydrogen-bond acceptors (Lipinski definition) is 5. The molecule has 4 aromatic rings. The molecule has 0 radical (unpaired) electrons. The number of pyridine rings is 2. The van der Waals surface area contributed by atoms with Crippen LogP contribution in [0.1, 0.15) is 58.3 Å². The van der Waals surface area contributed by atoms with Crippen LogP contribution in [-0.4, -0.2) is 58.2 Å². The molecular formula is C26H28N6O. The Morgan fingerprint density at radius 2 is 1.88 bits per heavy atom. The molecule has 168 valence electrons. The average Bonchev–Trinajstić information content (AvgIpc) is 3.54. The zero-order chi connectivity index (χ0) is 22.7. The molecule has 2 aliphatic carbocycles. The Kier molecular flexibility index (Phi) is 4.69. The molecule has 2 aliphatic rings. The first kappa shape index (κ1) is 20.3. The summed E-state index contributed by atoms with van der Waals surface area (Å²) in [6, 6.07) is 7.94. The van der Waals surface area contributed by atoms with E-state index < -0.39 is 0 Å². The van der Waals surface area contributed by atoms with Gasteiger partial charge in [0.25, 0.3) is 5.91 Å². The maximum absolute atomic E-state index is 12.5. The molecule has 1 aromatic carbocycles. The zero-order valence-corrected chi connectivity index (χ0v) is 19.3. The van der Waals surface area contributed by atoms with E-state index in [0.717, 1.165) is 34.7 Å². The van der Waals surface area contributed by atoms with Crippen molar-refractivity contribution in [1.29, 1.82) is 0 Å². The van der Waals surface area contributed by atoms with Gasteiger partial charge in [0.15, 0.2) is 0 Å². The van der Waals surface area contributed by atoms with Gasteiger partial charge in [-0.3, -0.25) is 14.9 Å². The minimum atomic E-state index is -0.0931. The third-order valence-electron chi connectivity index (χ3n) is 7.29. The summed E-state index contributed by atoms with van der Waals surface area (Å²) in [5.74, 6) is 1.02. The number of aryl methyl sites for hydroxylation is 1. The van der Waals surface area contributed by atoms with Gasteiger partial charge >= 0.3 is 0 Å². The molecule has 2 bridgehead atoms. The highest BCUT2D eigenvalue weighted by Crippen LogP contribution is 2.57. The van der Waals surface area contributed by atoms with E-state index in [0.29, 0.717) is 23.9 Å². The van der Waals surface area contributed by atoms with Gasteiger partial charge in [-0.15, -0.1) is 0 Å². The Morgan fingerprint density at radius 3 is 2.64 bits per heavy atom. The van der Waals surface area contributed by atoms with Gasteiger partial charge in [-0.1, -0.05) is 0 Å². The lowest BCUT2D eigenvalue weighted by atomic mass is 9.86. The first-order valence-corrected chi connectivity index (χ1v) is 11.7. The lowest BCUT2D eigenvalue weighted by Gasteiger charge is -2.21. The van der Waals surface area contributed by atoms with Crippen LogP contribution in [0.25, 0.3) is 33.2 Å². The monoisotopic (exact) mass is 440 g/mol. The van der Waals surface area contributed by atoms with E-state index in [1.54, 1.807) is 6.20 Å². The second-order valence-electron chi connectivity index (χ2n) is 9.69. The molecule has 3 heterocycles. The number of hydrogen-bond donors (Lipinski definition) is 2. The third-order valence-corrected chi connectivity index (χ3v) is 7.29. The van der Waals surface area contributed by atoms with Crippen LogP contribution in [0.5, 0.6) is 0 Å². The van der Waals surface area contributed by atoms with Crippen molar-refractivity contribution in [2.75, 3.05) is 27.2 Å². The van der Waals surface area contributed by atoms with E-state index >= 15 is 0 Å². The highest BCUT2D eigenvalue weighted by Gasteiger charge is 2.41. The average molecular weight is 441 g/mol. The smallest absolute Gasteiger partial charge is 0.252 e. The van der Waals surface area contributed by atoms with Crippen molar-refractivity contribution >= 4 is 27.7 Å². The van der Waals surface area contributed by atoms with E-state index in [-0.39, 0.29) is 5.91 Å². The van der Waals surface area contributed by atoms with Crippen molar-refractivity contribution in [3.63, 3.8) is 0 Å². The Bertz CT molecular complexity index is 1390. The van der Waals surface area contributed by atoms with E-state index in [1.165, 1.54) is 41.2 Å². The van der Waals surface area contributed by atoms with Gasteiger partial charge in [0, 0.05) is 35.8 Å². The number of amides is 1. The Hall–Kier alpha value is -3.32. The number of aromatic nitrogens is 4. The quantitative estimate of drug-likeness (QED) is 0.487. The number of carbonyl (C=O) groups excluding carboxylic acids is 1. The Morgan fingerprint density at radius 1 is 1.09 bits per heavy atom. The number of nitrogens with one attached hydrogen (secondary N) is 2. The standard InChI is InChI=1S/C26H28N6O/c1-14-21-19(31-30-14)9-8-18-24(21)22-15-4-5-16(12-15)23(22)25(29-18)20-7-6-17(13-28-20)26(33)27-10-11-32(2)3/h6-9,13,15-16H,4-5,10-12H2,1-3H3,(H,27,33)(H,30,31). The van der Waals surface area contributed by atoms with Crippen molar-refractivity contribution in [2.45, 2.75) is 38.0 Å². The molecule has 7 heteroatoms. The van der Waals surface area contributed by atoms with Gasteiger partial charge in [-0.25, -0.2) is 4.98 Å². The summed E-state index contributed by atoms with van der Waals surface area (Å²) in [6.45, 7) is 3.50. The van der Waals surface area contributed by atoms with Crippen LogP contribution in [0.15, 0.2) is 30.5 Å². The predicted molar refractivity (Wildman–Crippen MR) is 130 cm³/mol. The van der Waals surface area contributed by atoms with Crippen LogP contribution >= 0.6 is 0 Å². The summed E-state index contributed by atoms with van der Waals surface area (Å²) in [7, 11) is 3.98. The largest absolute Gasteiger partial charge is 0.351 e. The fourth-order valence-corrected chi connectivity index (χ4v) is 5.76. The highest BCUT2D eigenvalue weighted by molar-refractivity contribution is 6.09. The number of carbonyl (C=O) groups is 1. The molecule has 6 rings (SSSR count). The van der Waals surface area contributed by atoms with Gasteiger partial charge in [0.05, 0.1) is 28.0 Å². The van der Waals surface area contributed by atoms with Gasteiger partial charge < -0.3 is 10.2 Å². The van der Waals surface area contributed by atoms with Crippen molar-refractivity contribution in [1.82, 2.24) is 30.4 Å². The number of nitrogens with zero attached hydrogens (tertiary/aromatic N) is 4. The van der Waals surface area contributed by atoms with Crippen molar-refractivity contribution in [3.8, 4) is 11.4 Å². The predicted octanol–water partition coefficient (Wildman–Crippen LogP) is 4.14. The van der Waals surface area contributed by atoms with Crippen LogP contribution in [0.3, 0.4) is 0 Å². The molecule has 1 fully saturated rings. The van der Waals surface area contributed by atoms with Crippen LogP contribution in [-0.2, 0) is 0 Å². The van der Waals surface area contributed by atoms with Crippen molar-refractivity contribution in [2.24, 2.45) is 0 Å². The molecule has 2 unspecified atom stereocenters. The van der Waals surface area contributed by atoms with Crippen molar-refractivity contribution in [3.05, 3.63) is 52.8 Å². The Labute approximate surface area is 192 Å². The molecule has 0 spiro atoms. The number of benzene rings is 1. The Balaban J connectivity index is 1.44. The fourth-order valence-electron chi connectivity index (χ4n) is 5.76. The maximum atomic E-state index is 12.5. The first-order chi connectivity index (χ1) is 16.0. The van der Waals surface area contributed by atoms with Crippen molar-refractivity contribution < 1.29 is 4.79 Å². The van der Waals surface area contributed by atoms with E-state index in [2.05, 4.69) is 28.5 Å². The molecule has 1 saturated carbocycles. The number of likely N-dealkylation sites (N-methyl/N-ethyl adjacent to an activating group) is 1. The summed E-state index contributed by atoms with van der Waals surface area (Å²) in [6.07, 6.45) is 5.32. The summed E-state index contributed by atoms with van der Waals surface area (Å²) in [5.41, 5.74) is 8.31. The molecule has 0 saturated heterocycles. The SMILES string of the molecule is Cc1[nH]nc2ccc3nc(-c4ccc(C(=O)NCCN(C)C)cn4)c4c(c3c12)C1CCC4C1. The molecule has 3 aromatic heterocycles. The minimum Gasteiger partial charge on any atom is -0.351 e. The van der Waals surface area contributed by atoms with Gasteiger partial charge in [0.2, 0.25) is 0 Å². The van der Waals surface area contributed by atoms with Crippen LogP contribution in [0, 0.1) is 6.92 Å². The summed E-state index contributed by atoms with van der Waals surface area (Å²) in [4.78, 5) is 24.4. The van der Waals surface area contributed by atoms with E-state index in [4.69, 9.17) is 9.97 Å². The van der Waals surface area contributed by atoms with E-state index in [9.17, 15) is 4.79 Å². The number of rotatable bonds is 5. The topological polar surface area (TPSA) is 86.8 Å². The van der Waals surface area contributed by atoms with Gasteiger partial charge in [-0.05, 0) is 87.5 Å². The summed E-state index contributed by atoms with van der Waals surface area (Å²) in [5, 5.41) is 13.1. The fraction of sp³-hybridized carbons (Fsp3) is 0.385. The zero-order valence-electron chi connectivity index (χ0n) is 19.3. The third kappa shape index (κ3) is 3.22. The van der Waals surface area contributed by atoms with E-state index in [1.807, 2.05) is 37.2 Å². The molecule has 0 aliphatic heterocycles. The summed E-state index contributed by atoms with van der Waals surface area (Å²) < 4.78 is 0. The molecule has 7 nitrogen and oxygen atoms in total. The normalized spacial score (nSPS) is 19.0. The van der Waals surface area contributed by atoms with Crippen LogP contribution in [0.4, 0.5) is 0 Å². The molecular weight excluding hydrogens is 412 g/mol. The van der Waals surface area contributed by atoms with Gasteiger partial charge in [0.1, 0.15) is 0 Å². The minimum absolute atomic E-state index is 0.0931. The lowest BCUT2D eigenvalue weighted by Crippen LogP contribution is -2.31. The maximum Gasteiger partial charge on any atom is 0.252 e. The number of aromatic amines is 1.